The number of amides is 3. The Bertz CT molecular complexity index is 1210. The molecule has 1 aromatic heterocycles. The van der Waals surface area contributed by atoms with E-state index in [1.54, 1.807) is 19.2 Å². The Morgan fingerprint density at radius 3 is 2.48 bits per heavy atom. The topological polar surface area (TPSA) is 83.6 Å². The first-order chi connectivity index (χ1) is 15.8. The second-order valence-electron chi connectivity index (χ2n) is 8.00. The number of rotatable bonds is 4. The Hall–Kier alpha value is -3.39. The van der Waals surface area contributed by atoms with Gasteiger partial charge >= 0.3 is 6.03 Å². The molecule has 3 aromatic rings. The molecule has 0 radical (unpaired) electrons. The number of carbonyl (C=O) groups excluding carboxylic acids is 2. The molecule has 0 fully saturated rings. The lowest BCUT2D eigenvalue weighted by Gasteiger charge is -2.30. The Morgan fingerprint density at radius 2 is 1.76 bits per heavy atom. The molecule has 1 aliphatic rings. The van der Waals surface area contributed by atoms with Crippen molar-refractivity contribution < 1.29 is 14.3 Å². The number of fused-ring (bicyclic) bond motifs is 1. The second-order valence-corrected chi connectivity index (χ2v) is 8.92. The zero-order valence-corrected chi connectivity index (χ0v) is 20.3. The molecule has 7 nitrogen and oxygen atoms in total. The van der Waals surface area contributed by atoms with Gasteiger partial charge in [-0.25, -0.2) is 4.79 Å². The van der Waals surface area contributed by atoms with Gasteiger partial charge in [0.05, 0.1) is 0 Å². The standard InChI is InChI=1S/C25H25BrN4O3/c1-15-10-19(26)11-16(2)23(15)29-25(32)30-9-7-17-4-5-20(12-18(17)14-30)33-21-6-8-28-22(13-21)24(31)27-3/h4-6,8,10-13H,7,9,14H2,1-3H3,(H,27,31)(H,29,32). The zero-order valence-electron chi connectivity index (χ0n) is 18.7. The lowest BCUT2D eigenvalue weighted by Crippen LogP contribution is -2.39. The third-order valence-corrected chi connectivity index (χ3v) is 6.09. The molecule has 0 atom stereocenters. The molecule has 1 aliphatic heterocycles. The molecule has 8 heteroatoms. The van der Waals surface area contributed by atoms with Gasteiger partial charge in [0.1, 0.15) is 17.2 Å². The number of nitrogens with zero attached hydrogens (tertiary/aromatic N) is 2. The lowest BCUT2D eigenvalue weighted by molar-refractivity contribution is 0.0958. The fourth-order valence-electron chi connectivity index (χ4n) is 3.93. The molecule has 0 aliphatic carbocycles. The Morgan fingerprint density at radius 1 is 1.03 bits per heavy atom. The molecule has 33 heavy (non-hydrogen) atoms. The van der Waals surface area contributed by atoms with Crippen molar-refractivity contribution in [1.82, 2.24) is 15.2 Å². The number of halogens is 1. The molecule has 4 rings (SSSR count). The van der Waals surface area contributed by atoms with Crippen molar-refractivity contribution in [3.63, 3.8) is 0 Å². The molecule has 0 unspecified atom stereocenters. The van der Waals surface area contributed by atoms with Crippen LogP contribution in [0.3, 0.4) is 0 Å². The van der Waals surface area contributed by atoms with Crippen LogP contribution in [0.1, 0.15) is 32.7 Å². The van der Waals surface area contributed by atoms with Crippen LogP contribution in [0.5, 0.6) is 11.5 Å². The Balaban J connectivity index is 1.48. The largest absolute Gasteiger partial charge is 0.457 e. The van der Waals surface area contributed by atoms with Crippen LogP contribution < -0.4 is 15.4 Å². The number of carbonyl (C=O) groups is 2. The quantitative estimate of drug-likeness (QED) is 0.507. The van der Waals surface area contributed by atoms with Crippen LogP contribution in [0.15, 0.2) is 53.1 Å². The summed E-state index contributed by atoms with van der Waals surface area (Å²) in [5.74, 6) is 0.892. The molecule has 0 saturated carbocycles. The number of aromatic nitrogens is 1. The molecule has 2 aromatic carbocycles. The number of ether oxygens (including phenoxy) is 1. The fourth-order valence-corrected chi connectivity index (χ4v) is 4.61. The van der Waals surface area contributed by atoms with E-state index in [-0.39, 0.29) is 17.6 Å². The predicted octanol–water partition coefficient (Wildman–Crippen LogP) is 5.20. The van der Waals surface area contributed by atoms with Crippen molar-refractivity contribution >= 4 is 33.6 Å². The Kier molecular flexibility index (Phi) is 6.65. The van der Waals surface area contributed by atoms with Crippen LogP contribution in [-0.4, -0.2) is 35.4 Å². The highest BCUT2D eigenvalue weighted by atomic mass is 79.9. The van der Waals surface area contributed by atoms with E-state index in [2.05, 4.69) is 31.5 Å². The number of aryl methyl sites for hydroxylation is 2. The number of hydrogen-bond donors (Lipinski definition) is 2. The summed E-state index contributed by atoms with van der Waals surface area (Å²) in [6.45, 7) is 5.11. The number of benzene rings is 2. The van der Waals surface area contributed by atoms with Crippen molar-refractivity contribution in [3.8, 4) is 11.5 Å². The van der Waals surface area contributed by atoms with Gasteiger partial charge in [-0.05, 0) is 72.9 Å². The summed E-state index contributed by atoms with van der Waals surface area (Å²) in [7, 11) is 1.56. The van der Waals surface area contributed by atoms with E-state index in [1.807, 2.05) is 49.1 Å². The first kappa shape index (κ1) is 22.8. The van der Waals surface area contributed by atoms with Gasteiger partial charge in [0.25, 0.3) is 5.91 Å². The molecule has 2 N–H and O–H groups in total. The highest BCUT2D eigenvalue weighted by molar-refractivity contribution is 9.10. The van der Waals surface area contributed by atoms with Gasteiger partial charge in [0.15, 0.2) is 0 Å². The van der Waals surface area contributed by atoms with Gasteiger partial charge in [0, 0.05) is 42.6 Å². The maximum atomic E-state index is 13.0. The monoisotopic (exact) mass is 508 g/mol. The third-order valence-electron chi connectivity index (χ3n) is 5.63. The predicted molar refractivity (Wildman–Crippen MR) is 131 cm³/mol. The van der Waals surface area contributed by atoms with Gasteiger partial charge < -0.3 is 20.3 Å². The van der Waals surface area contributed by atoms with Gasteiger partial charge in [0.2, 0.25) is 0 Å². The minimum atomic E-state index is -0.274. The van der Waals surface area contributed by atoms with Crippen LogP contribution in [0.25, 0.3) is 0 Å². The van der Waals surface area contributed by atoms with E-state index in [4.69, 9.17) is 4.74 Å². The minimum Gasteiger partial charge on any atom is -0.457 e. The van der Waals surface area contributed by atoms with E-state index >= 15 is 0 Å². The third kappa shape index (κ3) is 5.17. The number of anilines is 1. The summed E-state index contributed by atoms with van der Waals surface area (Å²) in [6, 6.07) is 13.1. The molecule has 2 heterocycles. The van der Waals surface area contributed by atoms with Crippen LogP contribution in [0.4, 0.5) is 10.5 Å². The van der Waals surface area contributed by atoms with Crippen molar-refractivity contribution in [2.24, 2.45) is 0 Å². The van der Waals surface area contributed by atoms with Crippen molar-refractivity contribution in [2.45, 2.75) is 26.8 Å². The summed E-state index contributed by atoms with van der Waals surface area (Å²) in [5.41, 5.74) is 5.39. The minimum absolute atomic E-state index is 0.121. The van der Waals surface area contributed by atoms with E-state index in [1.165, 1.54) is 11.8 Å². The molecule has 170 valence electrons. The fraction of sp³-hybridized carbons (Fsp3) is 0.240. The molecule has 0 bridgehead atoms. The van der Waals surface area contributed by atoms with Crippen LogP contribution in [0.2, 0.25) is 0 Å². The molecule has 3 amide bonds. The van der Waals surface area contributed by atoms with Crippen molar-refractivity contribution in [2.75, 3.05) is 18.9 Å². The first-order valence-electron chi connectivity index (χ1n) is 10.6. The van der Waals surface area contributed by atoms with Crippen LogP contribution in [-0.2, 0) is 13.0 Å². The maximum absolute atomic E-state index is 13.0. The highest BCUT2D eigenvalue weighted by Crippen LogP contribution is 2.29. The highest BCUT2D eigenvalue weighted by Gasteiger charge is 2.22. The summed E-state index contributed by atoms with van der Waals surface area (Å²) in [6.07, 6.45) is 2.31. The second kappa shape index (κ2) is 9.62. The van der Waals surface area contributed by atoms with Gasteiger partial charge in [-0.15, -0.1) is 0 Å². The summed E-state index contributed by atoms with van der Waals surface area (Å²) in [4.78, 5) is 30.7. The summed E-state index contributed by atoms with van der Waals surface area (Å²) < 4.78 is 6.96. The summed E-state index contributed by atoms with van der Waals surface area (Å²) >= 11 is 3.49. The first-order valence-corrected chi connectivity index (χ1v) is 11.4. The van der Waals surface area contributed by atoms with E-state index in [0.29, 0.717) is 24.6 Å². The van der Waals surface area contributed by atoms with E-state index < -0.39 is 0 Å². The number of urea groups is 1. The number of pyridine rings is 1. The van der Waals surface area contributed by atoms with Crippen molar-refractivity contribution in [1.29, 1.82) is 0 Å². The van der Waals surface area contributed by atoms with E-state index in [9.17, 15) is 9.59 Å². The number of hydrogen-bond acceptors (Lipinski definition) is 4. The molecular weight excluding hydrogens is 484 g/mol. The van der Waals surface area contributed by atoms with Gasteiger partial charge in [-0.3, -0.25) is 9.78 Å². The average Bonchev–Trinajstić information content (AvgIpc) is 2.80. The summed E-state index contributed by atoms with van der Waals surface area (Å²) in [5, 5.41) is 5.63. The van der Waals surface area contributed by atoms with Gasteiger partial charge in [-0.2, -0.15) is 0 Å². The SMILES string of the molecule is CNC(=O)c1cc(Oc2ccc3c(c2)CN(C(=O)Nc2c(C)cc(Br)cc2C)CC3)ccn1. The average molecular weight is 509 g/mol. The zero-order chi connectivity index (χ0) is 23.5. The molecule has 0 saturated heterocycles. The normalized spacial score (nSPS) is 12.7. The van der Waals surface area contributed by atoms with Crippen molar-refractivity contribution in [3.05, 3.63) is 81.1 Å². The van der Waals surface area contributed by atoms with Gasteiger partial charge in [-0.1, -0.05) is 22.0 Å². The Labute approximate surface area is 201 Å². The number of nitrogens with one attached hydrogen (secondary N) is 2. The van der Waals surface area contributed by atoms with E-state index in [0.717, 1.165) is 33.3 Å². The lowest BCUT2D eigenvalue weighted by atomic mass is 9.99. The molecule has 0 spiro atoms. The van der Waals surface area contributed by atoms with Crippen LogP contribution in [0, 0.1) is 13.8 Å². The maximum Gasteiger partial charge on any atom is 0.322 e. The van der Waals surface area contributed by atoms with Crippen LogP contribution >= 0.6 is 15.9 Å². The smallest absolute Gasteiger partial charge is 0.322 e. The molecular formula is C25H25BrN4O3.